The summed E-state index contributed by atoms with van der Waals surface area (Å²) in [5.41, 5.74) is 2.64. The molecule has 1 atom stereocenters. The molecular weight excluding hydrogens is 661 g/mol. The Hall–Kier alpha value is -5.12. The normalized spacial score (nSPS) is 14.7. The van der Waals surface area contributed by atoms with Crippen LogP contribution in [0.5, 0.6) is 5.88 Å². The first-order valence-electron chi connectivity index (χ1n) is 17.6. The minimum Gasteiger partial charge on any atom is -0.473 e. The SMILES string of the molecule is CCC(C)(C)OCCC(C)(C)NC(=O)c1ccc(N=C(Cn2cc(-c3cccc(OCc4ccc(C#N)cc4F)n3)cn2)N(C)CC2CCO2)cc1. The number of benzene rings is 2. The van der Waals surface area contributed by atoms with Gasteiger partial charge in [0.1, 0.15) is 18.3 Å². The van der Waals surface area contributed by atoms with E-state index in [9.17, 15) is 9.18 Å². The van der Waals surface area contributed by atoms with Crippen molar-refractivity contribution in [2.24, 2.45) is 4.99 Å². The Kier molecular flexibility index (Phi) is 12.4. The van der Waals surface area contributed by atoms with Crippen LogP contribution in [-0.4, -0.2) is 75.5 Å². The number of hydrogen-bond donors (Lipinski definition) is 1. The summed E-state index contributed by atoms with van der Waals surface area (Å²) in [6, 6.07) is 18.8. The summed E-state index contributed by atoms with van der Waals surface area (Å²) in [4.78, 5) is 24.8. The highest BCUT2D eigenvalue weighted by Gasteiger charge is 2.24. The molecule has 12 heteroatoms. The number of amidine groups is 1. The summed E-state index contributed by atoms with van der Waals surface area (Å²) in [5.74, 6) is 0.454. The van der Waals surface area contributed by atoms with Gasteiger partial charge in [-0.05, 0) is 89.4 Å². The highest BCUT2D eigenvalue weighted by Crippen LogP contribution is 2.23. The van der Waals surface area contributed by atoms with E-state index in [2.05, 4.69) is 41.1 Å². The van der Waals surface area contributed by atoms with Gasteiger partial charge in [-0.25, -0.2) is 14.4 Å². The topological polar surface area (TPSA) is 127 Å². The summed E-state index contributed by atoms with van der Waals surface area (Å²) in [5, 5.41) is 16.7. The third-order valence-electron chi connectivity index (χ3n) is 9.14. The average molecular weight is 710 g/mol. The van der Waals surface area contributed by atoms with Crippen LogP contribution in [0.2, 0.25) is 0 Å². The van der Waals surface area contributed by atoms with Crippen LogP contribution < -0.4 is 10.1 Å². The Morgan fingerprint density at radius 2 is 1.94 bits per heavy atom. The second-order valence-electron chi connectivity index (χ2n) is 14.3. The second kappa shape index (κ2) is 16.9. The molecule has 0 saturated carbocycles. The molecule has 1 amide bonds. The lowest BCUT2D eigenvalue weighted by molar-refractivity contribution is -0.0571. The standard InChI is InChI=1S/C40H48FN7O4/c1-7-40(4,5)52-20-18-39(2,3)46-38(49)29-13-15-32(16-14-29)44-36(47(6)25-33-17-19-50-33)26-48-24-31(23-43-48)35-9-8-10-37(45-35)51-27-30-12-11-28(22-42)21-34(30)41/h8-16,21,23-24,33H,7,17-20,25-27H2,1-6H3,(H,46,49). The number of ether oxygens (including phenoxy) is 3. The van der Waals surface area contributed by atoms with Crippen LogP contribution in [0.4, 0.5) is 10.1 Å². The first-order chi connectivity index (χ1) is 24.8. The van der Waals surface area contributed by atoms with Crippen molar-refractivity contribution < 1.29 is 23.4 Å². The van der Waals surface area contributed by atoms with Crippen LogP contribution >= 0.6 is 0 Å². The number of rotatable bonds is 16. The van der Waals surface area contributed by atoms with E-state index in [4.69, 9.17) is 24.5 Å². The summed E-state index contributed by atoms with van der Waals surface area (Å²) < 4.78 is 33.6. The first-order valence-corrected chi connectivity index (χ1v) is 17.6. The highest BCUT2D eigenvalue weighted by molar-refractivity contribution is 5.95. The molecule has 0 radical (unpaired) electrons. The molecule has 1 aliphatic heterocycles. The molecule has 11 nitrogen and oxygen atoms in total. The number of nitrogens with zero attached hydrogens (tertiary/aromatic N) is 6. The van der Waals surface area contributed by atoms with E-state index in [-0.39, 0.29) is 29.8 Å². The zero-order valence-corrected chi connectivity index (χ0v) is 30.9. The molecule has 4 aromatic rings. The summed E-state index contributed by atoms with van der Waals surface area (Å²) in [6.07, 6.45) is 6.36. The van der Waals surface area contributed by atoms with Crippen molar-refractivity contribution in [1.29, 1.82) is 5.26 Å². The van der Waals surface area contributed by atoms with Crippen molar-refractivity contribution >= 4 is 17.4 Å². The van der Waals surface area contributed by atoms with Crippen molar-refractivity contribution in [1.82, 2.24) is 25.0 Å². The van der Waals surface area contributed by atoms with Gasteiger partial charge in [-0.3, -0.25) is 9.48 Å². The molecular formula is C40H48FN7O4. The molecule has 2 aromatic heterocycles. The van der Waals surface area contributed by atoms with Gasteiger partial charge in [-0.1, -0.05) is 19.1 Å². The van der Waals surface area contributed by atoms with E-state index in [1.165, 1.54) is 12.1 Å². The van der Waals surface area contributed by atoms with E-state index in [1.807, 2.05) is 57.4 Å². The maximum atomic E-state index is 14.4. The lowest BCUT2D eigenvalue weighted by Crippen LogP contribution is -2.44. The Labute approximate surface area is 305 Å². The van der Waals surface area contributed by atoms with E-state index < -0.39 is 11.4 Å². The van der Waals surface area contributed by atoms with E-state index in [0.717, 1.165) is 30.8 Å². The number of carbonyl (C=O) groups excluding carboxylic acids is 1. The molecule has 1 N–H and O–H groups in total. The van der Waals surface area contributed by atoms with Gasteiger partial charge < -0.3 is 24.4 Å². The lowest BCUT2D eigenvalue weighted by atomic mass is 10.00. The summed E-state index contributed by atoms with van der Waals surface area (Å²) in [6.45, 7) is 12.6. The Bertz CT molecular complexity index is 1890. The van der Waals surface area contributed by atoms with Gasteiger partial charge >= 0.3 is 0 Å². The van der Waals surface area contributed by atoms with Gasteiger partial charge in [0.25, 0.3) is 5.91 Å². The van der Waals surface area contributed by atoms with E-state index >= 15 is 0 Å². The molecule has 1 aliphatic rings. The fourth-order valence-corrected chi connectivity index (χ4v) is 5.31. The third-order valence-corrected chi connectivity index (χ3v) is 9.14. The predicted molar refractivity (Wildman–Crippen MR) is 198 cm³/mol. The number of halogens is 1. The molecule has 274 valence electrons. The van der Waals surface area contributed by atoms with Crippen molar-refractivity contribution in [3.63, 3.8) is 0 Å². The largest absolute Gasteiger partial charge is 0.473 e. The zero-order valence-electron chi connectivity index (χ0n) is 30.9. The molecule has 5 rings (SSSR count). The maximum Gasteiger partial charge on any atom is 0.251 e. The lowest BCUT2D eigenvalue weighted by Gasteiger charge is -2.32. The first kappa shape index (κ1) is 38.1. The van der Waals surface area contributed by atoms with Gasteiger partial charge in [-0.15, -0.1) is 0 Å². The maximum absolute atomic E-state index is 14.4. The molecule has 52 heavy (non-hydrogen) atoms. The smallest absolute Gasteiger partial charge is 0.251 e. The minimum absolute atomic E-state index is 0.0269. The molecule has 1 fully saturated rings. The van der Waals surface area contributed by atoms with Crippen molar-refractivity contribution in [3.8, 4) is 23.2 Å². The number of likely N-dealkylation sites (N-methyl/N-ethyl adjacent to an activating group) is 1. The van der Waals surface area contributed by atoms with E-state index in [0.29, 0.717) is 54.5 Å². The van der Waals surface area contributed by atoms with Crippen LogP contribution in [-0.2, 0) is 22.6 Å². The number of nitriles is 1. The predicted octanol–water partition coefficient (Wildman–Crippen LogP) is 7.09. The number of amides is 1. The molecule has 3 heterocycles. The van der Waals surface area contributed by atoms with Gasteiger partial charge in [0, 0.05) is 61.3 Å². The Balaban J connectivity index is 1.25. The fourth-order valence-electron chi connectivity index (χ4n) is 5.31. The molecule has 1 unspecified atom stereocenters. The van der Waals surface area contributed by atoms with Gasteiger partial charge in [0.05, 0.1) is 47.5 Å². The summed E-state index contributed by atoms with van der Waals surface area (Å²) >= 11 is 0. The Morgan fingerprint density at radius 1 is 1.17 bits per heavy atom. The number of hydrogen-bond acceptors (Lipinski definition) is 8. The van der Waals surface area contributed by atoms with Crippen molar-refractivity contribution in [3.05, 3.63) is 95.6 Å². The van der Waals surface area contributed by atoms with Crippen molar-refractivity contribution in [2.45, 2.75) is 84.3 Å². The molecule has 0 bridgehead atoms. The number of aliphatic imine (C=N–C) groups is 1. The molecule has 2 aromatic carbocycles. The molecule has 0 spiro atoms. The molecule has 1 saturated heterocycles. The minimum atomic E-state index is -0.503. The van der Waals surface area contributed by atoms with E-state index in [1.54, 1.807) is 35.1 Å². The number of nitrogens with one attached hydrogen (secondary N) is 1. The number of carbonyl (C=O) groups is 1. The number of aromatic nitrogens is 3. The highest BCUT2D eigenvalue weighted by atomic mass is 19.1. The monoisotopic (exact) mass is 709 g/mol. The average Bonchev–Trinajstić information content (AvgIpc) is 3.57. The van der Waals surface area contributed by atoms with Crippen LogP contribution in [0.1, 0.15) is 75.4 Å². The zero-order chi connectivity index (χ0) is 37.3. The van der Waals surface area contributed by atoms with Crippen LogP contribution in [0.25, 0.3) is 11.3 Å². The van der Waals surface area contributed by atoms with Crippen LogP contribution in [0, 0.1) is 17.1 Å². The number of pyridine rings is 1. The van der Waals surface area contributed by atoms with Gasteiger partial charge in [0.15, 0.2) is 0 Å². The van der Waals surface area contributed by atoms with Crippen LogP contribution in [0.3, 0.4) is 0 Å². The third kappa shape index (κ3) is 10.7. The van der Waals surface area contributed by atoms with Crippen molar-refractivity contribution in [2.75, 3.05) is 26.8 Å². The summed E-state index contributed by atoms with van der Waals surface area (Å²) in [7, 11) is 1.99. The molecule has 0 aliphatic carbocycles. The van der Waals surface area contributed by atoms with Gasteiger partial charge in [0.2, 0.25) is 5.88 Å². The van der Waals surface area contributed by atoms with Crippen LogP contribution in [0.15, 0.2) is 78.0 Å². The quantitative estimate of drug-likeness (QED) is 0.0966. The fraction of sp³-hybridized carbons (Fsp3) is 0.425. The Morgan fingerprint density at radius 3 is 2.62 bits per heavy atom. The van der Waals surface area contributed by atoms with Gasteiger partial charge in [-0.2, -0.15) is 10.4 Å². The second-order valence-corrected chi connectivity index (χ2v) is 14.3.